The average Bonchev–Trinajstić information content (AvgIpc) is 2.71. The second kappa shape index (κ2) is 6.19. The highest BCUT2D eigenvalue weighted by Crippen LogP contribution is 2.23. The van der Waals surface area contributed by atoms with Gasteiger partial charge < -0.3 is 15.5 Å². The number of fused-ring (bicyclic) bond motifs is 1. The highest BCUT2D eigenvalue weighted by Gasteiger charge is 2.24. The van der Waals surface area contributed by atoms with Crippen LogP contribution in [0.15, 0.2) is 24.3 Å². The first-order valence-electron chi connectivity index (χ1n) is 6.51. The van der Waals surface area contributed by atoms with Crippen LogP contribution < -0.4 is 10.9 Å². The molecule has 1 aromatic rings. The Kier molecular flexibility index (Phi) is 4.60. The van der Waals surface area contributed by atoms with Gasteiger partial charge in [0, 0.05) is 0 Å². The van der Waals surface area contributed by atoms with E-state index >= 15 is 0 Å². The Morgan fingerprint density at radius 2 is 2.00 bits per heavy atom. The largest absolute Gasteiger partial charge is 0.470 e. The summed E-state index contributed by atoms with van der Waals surface area (Å²) in [5, 5.41) is 3.19. The molecule has 0 saturated heterocycles. The molecule has 0 aromatic heterocycles. The predicted molar refractivity (Wildman–Crippen MR) is 71.6 cm³/mol. The minimum atomic E-state index is -0.333. The standard InChI is InChI=1S/C13H21BN2O/c1-2-3-8-16-14(15)17-13-9-11-6-4-5-7-12(11)10-13/h4-7,13,16H,2-3,8-10,15H2,1H3. The normalized spacial score (nSPS) is 14.9. The van der Waals surface area contributed by atoms with E-state index in [4.69, 9.17) is 10.3 Å². The summed E-state index contributed by atoms with van der Waals surface area (Å²) < 4.78 is 5.81. The van der Waals surface area contributed by atoms with Crippen LogP contribution in [0.1, 0.15) is 30.9 Å². The Bertz CT molecular complexity index is 334. The third-order valence-corrected chi connectivity index (χ3v) is 3.23. The van der Waals surface area contributed by atoms with E-state index in [1.165, 1.54) is 17.5 Å². The monoisotopic (exact) mass is 232 g/mol. The molecule has 0 spiro atoms. The van der Waals surface area contributed by atoms with Gasteiger partial charge in [0.05, 0.1) is 6.10 Å². The summed E-state index contributed by atoms with van der Waals surface area (Å²) in [6.45, 7) is 3.10. The lowest BCUT2D eigenvalue weighted by Crippen LogP contribution is -2.48. The van der Waals surface area contributed by atoms with E-state index in [0.29, 0.717) is 0 Å². The van der Waals surface area contributed by atoms with Gasteiger partial charge in [-0.3, -0.25) is 0 Å². The van der Waals surface area contributed by atoms with Crippen LogP contribution in [0.25, 0.3) is 0 Å². The van der Waals surface area contributed by atoms with Gasteiger partial charge in [0.2, 0.25) is 0 Å². The molecule has 1 aliphatic carbocycles. The van der Waals surface area contributed by atoms with Crippen molar-refractivity contribution < 1.29 is 4.65 Å². The topological polar surface area (TPSA) is 47.3 Å². The highest BCUT2D eigenvalue weighted by molar-refractivity contribution is 6.44. The molecule has 0 atom stereocenters. The molecule has 2 rings (SSSR count). The van der Waals surface area contributed by atoms with E-state index in [0.717, 1.165) is 25.8 Å². The lowest BCUT2D eigenvalue weighted by atomic mass is 10.0. The van der Waals surface area contributed by atoms with Crippen LogP contribution >= 0.6 is 0 Å². The summed E-state index contributed by atoms with van der Waals surface area (Å²) in [5.41, 5.74) is 8.70. The third-order valence-electron chi connectivity index (χ3n) is 3.23. The summed E-state index contributed by atoms with van der Waals surface area (Å²) in [6, 6.07) is 8.52. The number of hydrogen-bond donors (Lipinski definition) is 2. The van der Waals surface area contributed by atoms with Crippen LogP contribution in [-0.4, -0.2) is 19.8 Å². The number of nitrogens with two attached hydrogens (primary N) is 1. The second-order valence-electron chi connectivity index (χ2n) is 4.66. The van der Waals surface area contributed by atoms with E-state index in [1.54, 1.807) is 0 Å². The Labute approximate surface area is 104 Å². The quantitative estimate of drug-likeness (QED) is 0.577. The maximum absolute atomic E-state index is 5.90. The molecule has 0 unspecified atom stereocenters. The van der Waals surface area contributed by atoms with Gasteiger partial charge in [-0.05, 0) is 36.9 Å². The van der Waals surface area contributed by atoms with Crippen LogP contribution in [0.2, 0.25) is 0 Å². The maximum Gasteiger partial charge on any atom is 0.470 e. The van der Waals surface area contributed by atoms with Gasteiger partial charge in [0.15, 0.2) is 0 Å². The smallest absolute Gasteiger partial charge is 0.405 e. The summed E-state index contributed by atoms with van der Waals surface area (Å²) in [7, 11) is -0.333. The first-order valence-corrected chi connectivity index (χ1v) is 6.51. The molecule has 0 radical (unpaired) electrons. The minimum Gasteiger partial charge on any atom is -0.405 e. The molecule has 92 valence electrons. The van der Waals surface area contributed by atoms with Gasteiger partial charge >= 0.3 is 7.19 Å². The lowest BCUT2D eigenvalue weighted by molar-refractivity contribution is 0.207. The van der Waals surface area contributed by atoms with Crippen molar-refractivity contribution in [2.75, 3.05) is 6.54 Å². The molecule has 0 bridgehead atoms. The molecule has 0 amide bonds. The van der Waals surface area contributed by atoms with E-state index in [9.17, 15) is 0 Å². The van der Waals surface area contributed by atoms with Gasteiger partial charge in [0.25, 0.3) is 0 Å². The Morgan fingerprint density at radius 1 is 1.35 bits per heavy atom. The Balaban J connectivity index is 1.75. The van der Waals surface area contributed by atoms with Crippen molar-refractivity contribution in [2.45, 2.75) is 38.7 Å². The van der Waals surface area contributed by atoms with Crippen molar-refractivity contribution in [2.24, 2.45) is 5.64 Å². The zero-order valence-corrected chi connectivity index (χ0v) is 10.5. The molecule has 0 fully saturated rings. The average molecular weight is 232 g/mol. The van der Waals surface area contributed by atoms with E-state index in [-0.39, 0.29) is 13.3 Å². The summed E-state index contributed by atoms with van der Waals surface area (Å²) in [5.74, 6) is 0. The SMILES string of the molecule is CCCCNB(N)OC1Cc2ccccc2C1. The van der Waals surface area contributed by atoms with Crippen molar-refractivity contribution >= 4 is 7.19 Å². The number of rotatable bonds is 6. The first-order chi connectivity index (χ1) is 8.29. The lowest BCUT2D eigenvalue weighted by Gasteiger charge is -2.15. The van der Waals surface area contributed by atoms with Gasteiger partial charge in [0.1, 0.15) is 0 Å². The van der Waals surface area contributed by atoms with Gasteiger partial charge in [-0.25, -0.2) is 0 Å². The predicted octanol–water partition coefficient (Wildman–Crippen LogP) is 1.50. The molecular formula is C13H21BN2O. The van der Waals surface area contributed by atoms with Crippen LogP contribution in [0.4, 0.5) is 0 Å². The molecule has 0 saturated carbocycles. The Hall–Kier alpha value is -0.835. The van der Waals surface area contributed by atoms with Crippen molar-refractivity contribution in [1.29, 1.82) is 0 Å². The van der Waals surface area contributed by atoms with Gasteiger partial charge in [-0.2, -0.15) is 0 Å². The molecule has 3 nitrogen and oxygen atoms in total. The minimum absolute atomic E-state index is 0.233. The van der Waals surface area contributed by atoms with Gasteiger partial charge in [-0.1, -0.05) is 37.6 Å². The summed E-state index contributed by atoms with van der Waals surface area (Å²) in [6.07, 6.45) is 4.52. The number of nitrogens with one attached hydrogen (secondary N) is 1. The van der Waals surface area contributed by atoms with Crippen LogP contribution in [0.5, 0.6) is 0 Å². The van der Waals surface area contributed by atoms with E-state index in [2.05, 4.69) is 36.4 Å². The van der Waals surface area contributed by atoms with Gasteiger partial charge in [-0.15, -0.1) is 0 Å². The zero-order chi connectivity index (χ0) is 12.1. The van der Waals surface area contributed by atoms with Crippen molar-refractivity contribution in [3.63, 3.8) is 0 Å². The number of hydrogen-bond acceptors (Lipinski definition) is 3. The molecule has 1 aromatic carbocycles. The summed E-state index contributed by atoms with van der Waals surface area (Å²) in [4.78, 5) is 0. The van der Waals surface area contributed by atoms with E-state index in [1.807, 2.05) is 0 Å². The fourth-order valence-corrected chi connectivity index (χ4v) is 2.29. The summed E-state index contributed by atoms with van der Waals surface area (Å²) >= 11 is 0. The number of benzene rings is 1. The fraction of sp³-hybridized carbons (Fsp3) is 0.538. The molecule has 0 heterocycles. The van der Waals surface area contributed by atoms with Crippen molar-refractivity contribution in [3.8, 4) is 0 Å². The second-order valence-corrected chi connectivity index (χ2v) is 4.66. The maximum atomic E-state index is 5.90. The molecule has 1 aliphatic rings. The molecule has 17 heavy (non-hydrogen) atoms. The molecule has 4 heteroatoms. The van der Waals surface area contributed by atoms with Crippen molar-refractivity contribution in [1.82, 2.24) is 5.23 Å². The van der Waals surface area contributed by atoms with Crippen LogP contribution in [-0.2, 0) is 17.5 Å². The first kappa shape index (κ1) is 12.6. The zero-order valence-electron chi connectivity index (χ0n) is 10.5. The highest BCUT2D eigenvalue weighted by atomic mass is 16.5. The molecule has 0 aliphatic heterocycles. The van der Waals surface area contributed by atoms with Crippen molar-refractivity contribution in [3.05, 3.63) is 35.4 Å². The molecule has 3 N–H and O–H groups in total. The Morgan fingerprint density at radius 3 is 2.59 bits per heavy atom. The van der Waals surface area contributed by atoms with Crippen LogP contribution in [0.3, 0.4) is 0 Å². The third kappa shape index (κ3) is 3.56. The van der Waals surface area contributed by atoms with E-state index < -0.39 is 0 Å². The number of unbranched alkanes of at least 4 members (excludes halogenated alkanes) is 1. The van der Waals surface area contributed by atoms with Crippen LogP contribution in [0, 0.1) is 0 Å². The fourth-order valence-electron chi connectivity index (χ4n) is 2.29. The molecular weight excluding hydrogens is 211 g/mol.